The van der Waals surface area contributed by atoms with Crippen molar-refractivity contribution in [1.82, 2.24) is 20.0 Å². The van der Waals surface area contributed by atoms with Crippen LogP contribution in [0.3, 0.4) is 0 Å². The Kier molecular flexibility index (Phi) is 6.60. The molecule has 18 heavy (non-hydrogen) atoms. The van der Waals surface area contributed by atoms with Gasteiger partial charge in [0.15, 0.2) is 0 Å². The predicted octanol–water partition coefficient (Wildman–Crippen LogP) is -0.310. The first-order chi connectivity index (χ1) is 8.49. The van der Waals surface area contributed by atoms with E-state index in [1.165, 1.54) is 0 Å². The number of hydrogen-bond donors (Lipinski definition) is 1. The molecule has 1 saturated heterocycles. The van der Waals surface area contributed by atoms with Gasteiger partial charge in [0.1, 0.15) is 0 Å². The van der Waals surface area contributed by atoms with E-state index in [0.717, 1.165) is 39.3 Å². The van der Waals surface area contributed by atoms with Crippen molar-refractivity contribution in [2.45, 2.75) is 19.9 Å². The number of amides is 1. The lowest BCUT2D eigenvalue weighted by molar-refractivity contribution is -0.132. The smallest absolute Gasteiger partial charge is 0.236 e. The highest BCUT2D eigenvalue weighted by atomic mass is 16.2. The molecule has 0 bridgehead atoms. The van der Waals surface area contributed by atoms with Crippen LogP contribution in [0.1, 0.15) is 13.8 Å². The van der Waals surface area contributed by atoms with Crippen molar-refractivity contribution in [3.05, 3.63) is 0 Å². The average Bonchev–Trinajstić information content (AvgIpc) is 2.34. The van der Waals surface area contributed by atoms with Gasteiger partial charge in [0.25, 0.3) is 0 Å². The summed E-state index contributed by atoms with van der Waals surface area (Å²) in [5, 5.41) is 3.18. The summed E-state index contributed by atoms with van der Waals surface area (Å²) in [5.74, 6) is 0.232. The van der Waals surface area contributed by atoms with Crippen molar-refractivity contribution >= 4 is 5.91 Å². The van der Waals surface area contributed by atoms with Gasteiger partial charge in [-0.1, -0.05) is 13.8 Å². The Hall–Kier alpha value is -0.650. The molecular formula is C13H28N4O. The monoisotopic (exact) mass is 256 g/mol. The fraction of sp³-hybridized carbons (Fsp3) is 0.923. The minimum absolute atomic E-state index is 0.232. The zero-order valence-corrected chi connectivity index (χ0v) is 12.3. The van der Waals surface area contributed by atoms with Crippen LogP contribution in [0, 0.1) is 0 Å². The molecule has 0 radical (unpaired) electrons. The van der Waals surface area contributed by atoms with Gasteiger partial charge >= 0.3 is 0 Å². The summed E-state index contributed by atoms with van der Waals surface area (Å²) in [6, 6.07) is 0.371. The van der Waals surface area contributed by atoms with E-state index in [9.17, 15) is 4.79 Å². The van der Waals surface area contributed by atoms with E-state index in [1.807, 2.05) is 4.90 Å². The summed E-state index contributed by atoms with van der Waals surface area (Å²) in [7, 11) is 4.19. The van der Waals surface area contributed by atoms with Gasteiger partial charge in [0.2, 0.25) is 5.91 Å². The van der Waals surface area contributed by atoms with E-state index in [4.69, 9.17) is 0 Å². The van der Waals surface area contributed by atoms with Crippen molar-refractivity contribution in [2.75, 3.05) is 59.9 Å². The molecule has 0 spiro atoms. The van der Waals surface area contributed by atoms with Gasteiger partial charge in [0.05, 0.1) is 6.54 Å². The van der Waals surface area contributed by atoms with Crippen LogP contribution in [0.2, 0.25) is 0 Å². The minimum atomic E-state index is 0.232. The average molecular weight is 256 g/mol. The molecule has 1 N–H and O–H groups in total. The fourth-order valence-corrected chi connectivity index (χ4v) is 1.97. The Labute approximate surface area is 111 Å². The van der Waals surface area contributed by atoms with E-state index in [-0.39, 0.29) is 5.91 Å². The minimum Gasteiger partial charge on any atom is -0.339 e. The van der Waals surface area contributed by atoms with Crippen LogP contribution in [0.25, 0.3) is 0 Å². The molecule has 1 fully saturated rings. The Morgan fingerprint density at radius 3 is 2.33 bits per heavy atom. The van der Waals surface area contributed by atoms with E-state index >= 15 is 0 Å². The number of piperazine rings is 1. The molecule has 106 valence electrons. The molecule has 0 aromatic heterocycles. The summed E-state index contributed by atoms with van der Waals surface area (Å²) in [4.78, 5) is 18.5. The number of nitrogens with zero attached hydrogens (tertiary/aromatic N) is 3. The van der Waals surface area contributed by atoms with Gasteiger partial charge < -0.3 is 15.1 Å². The maximum Gasteiger partial charge on any atom is 0.236 e. The van der Waals surface area contributed by atoms with Crippen LogP contribution in [0.15, 0.2) is 0 Å². The molecule has 1 aliphatic heterocycles. The zero-order valence-electron chi connectivity index (χ0n) is 12.3. The van der Waals surface area contributed by atoms with Gasteiger partial charge in [-0.05, 0) is 14.1 Å². The van der Waals surface area contributed by atoms with E-state index in [2.05, 4.69) is 43.1 Å². The van der Waals surface area contributed by atoms with Crippen LogP contribution in [-0.4, -0.2) is 86.6 Å². The molecular weight excluding hydrogens is 228 g/mol. The number of carbonyl (C=O) groups is 1. The van der Waals surface area contributed by atoms with Gasteiger partial charge in [-0.3, -0.25) is 9.69 Å². The molecule has 0 aromatic rings. The van der Waals surface area contributed by atoms with Crippen molar-refractivity contribution < 1.29 is 4.79 Å². The summed E-state index contributed by atoms with van der Waals surface area (Å²) < 4.78 is 0. The molecule has 1 rings (SSSR count). The second-order valence-corrected chi connectivity index (χ2v) is 5.56. The molecule has 1 heterocycles. The van der Waals surface area contributed by atoms with E-state index in [0.29, 0.717) is 12.6 Å². The molecule has 0 atom stereocenters. The molecule has 0 aliphatic carbocycles. The van der Waals surface area contributed by atoms with Gasteiger partial charge in [0, 0.05) is 45.3 Å². The first kappa shape index (κ1) is 15.4. The van der Waals surface area contributed by atoms with Crippen molar-refractivity contribution in [3.8, 4) is 0 Å². The van der Waals surface area contributed by atoms with E-state index < -0.39 is 0 Å². The van der Waals surface area contributed by atoms with Gasteiger partial charge in [-0.2, -0.15) is 0 Å². The lowest BCUT2D eigenvalue weighted by Crippen LogP contribution is -2.52. The molecule has 5 nitrogen and oxygen atoms in total. The standard InChI is InChI=1S/C13H28N4O/c1-12(2)14-11-13(18)17-9-7-16(8-10-17)6-5-15(3)4/h12,14H,5-11H2,1-4H3. The van der Waals surface area contributed by atoms with Gasteiger partial charge in [-0.15, -0.1) is 0 Å². The second-order valence-electron chi connectivity index (χ2n) is 5.56. The lowest BCUT2D eigenvalue weighted by atomic mass is 10.3. The van der Waals surface area contributed by atoms with Crippen molar-refractivity contribution in [2.24, 2.45) is 0 Å². The van der Waals surface area contributed by atoms with Crippen LogP contribution in [0.5, 0.6) is 0 Å². The normalized spacial score (nSPS) is 17.8. The van der Waals surface area contributed by atoms with Gasteiger partial charge in [-0.25, -0.2) is 0 Å². The SMILES string of the molecule is CC(C)NCC(=O)N1CCN(CCN(C)C)CC1. The Morgan fingerprint density at radius 2 is 1.83 bits per heavy atom. The molecule has 5 heteroatoms. The first-order valence-corrected chi connectivity index (χ1v) is 6.87. The quantitative estimate of drug-likeness (QED) is 0.708. The van der Waals surface area contributed by atoms with E-state index in [1.54, 1.807) is 0 Å². The predicted molar refractivity (Wildman–Crippen MR) is 74.7 cm³/mol. The molecule has 1 amide bonds. The fourth-order valence-electron chi connectivity index (χ4n) is 1.97. The van der Waals surface area contributed by atoms with Crippen LogP contribution in [0.4, 0.5) is 0 Å². The summed E-state index contributed by atoms with van der Waals surface area (Å²) in [6.45, 7) is 10.5. The Morgan fingerprint density at radius 1 is 1.22 bits per heavy atom. The molecule has 0 unspecified atom stereocenters. The maximum absolute atomic E-state index is 11.9. The van der Waals surface area contributed by atoms with Crippen LogP contribution in [-0.2, 0) is 4.79 Å². The number of likely N-dealkylation sites (N-methyl/N-ethyl adjacent to an activating group) is 1. The summed E-state index contributed by atoms with van der Waals surface area (Å²) in [5.41, 5.74) is 0. The number of carbonyl (C=O) groups excluding carboxylic acids is 1. The topological polar surface area (TPSA) is 38.8 Å². The third-order valence-corrected chi connectivity index (χ3v) is 3.25. The molecule has 0 aromatic carbocycles. The Balaban J connectivity index is 2.20. The number of hydrogen-bond acceptors (Lipinski definition) is 4. The third-order valence-electron chi connectivity index (χ3n) is 3.25. The first-order valence-electron chi connectivity index (χ1n) is 6.87. The zero-order chi connectivity index (χ0) is 13.5. The number of rotatable bonds is 6. The Bertz CT molecular complexity index is 247. The van der Waals surface area contributed by atoms with Crippen molar-refractivity contribution in [1.29, 1.82) is 0 Å². The lowest BCUT2D eigenvalue weighted by Gasteiger charge is -2.35. The highest BCUT2D eigenvalue weighted by molar-refractivity contribution is 5.78. The van der Waals surface area contributed by atoms with Crippen LogP contribution < -0.4 is 5.32 Å². The molecule has 1 aliphatic rings. The number of nitrogens with one attached hydrogen (secondary N) is 1. The largest absolute Gasteiger partial charge is 0.339 e. The summed E-state index contributed by atoms with van der Waals surface area (Å²) >= 11 is 0. The van der Waals surface area contributed by atoms with Crippen LogP contribution >= 0.6 is 0 Å². The highest BCUT2D eigenvalue weighted by Gasteiger charge is 2.20. The summed E-state index contributed by atoms with van der Waals surface area (Å²) in [6.07, 6.45) is 0. The third kappa shape index (κ3) is 5.80. The highest BCUT2D eigenvalue weighted by Crippen LogP contribution is 2.01. The second kappa shape index (κ2) is 7.71. The maximum atomic E-state index is 11.9. The van der Waals surface area contributed by atoms with Crippen molar-refractivity contribution in [3.63, 3.8) is 0 Å². The molecule has 0 saturated carbocycles.